The zero-order valence-electron chi connectivity index (χ0n) is 9.69. The van der Waals surface area contributed by atoms with Crippen molar-refractivity contribution in [2.24, 2.45) is 0 Å². The Balaban J connectivity index is 2.18. The van der Waals surface area contributed by atoms with Gasteiger partial charge in [0.15, 0.2) is 5.13 Å². The van der Waals surface area contributed by atoms with Gasteiger partial charge >= 0.3 is 0 Å². The van der Waals surface area contributed by atoms with E-state index in [2.05, 4.69) is 10.3 Å². The van der Waals surface area contributed by atoms with Crippen molar-refractivity contribution in [3.8, 4) is 0 Å². The molecule has 1 aliphatic rings. The van der Waals surface area contributed by atoms with Gasteiger partial charge in [0, 0.05) is 11.9 Å². The van der Waals surface area contributed by atoms with Crippen LogP contribution in [0.25, 0.3) is 0 Å². The monoisotopic (exact) mass is 254 g/mol. The Morgan fingerprint density at radius 2 is 2.29 bits per heavy atom. The van der Waals surface area contributed by atoms with Gasteiger partial charge in [-0.3, -0.25) is 19.8 Å². The maximum Gasteiger partial charge on any atom is 0.246 e. The standard InChI is InChI=1S/C10H14N4O2S/c1-10(2)8(16)13-7(15)4-14(10)3-6-5-17-9(11)12-6/h5H,3-4H2,1-2H3,(H2,11,12)(H,13,15,16). The Labute approximate surface area is 103 Å². The number of nitrogens with one attached hydrogen (secondary N) is 1. The van der Waals surface area contributed by atoms with E-state index in [1.165, 1.54) is 11.3 Å². The highest BCUT2D eigenvalue weighted by Gasteiger charge is 2.40. The Morgan fingerprint density at radius 1 is 1.59 bits per heavy atom. The predicted molar refractivity (Wildman–Crippen MR) is 64.2 cm³/mol. The van der Waals surface area contributed by atoms with Crippen molar-refractivity contribution in [3.63, 3.8) is 0 Å². The Bertz CT molecular complexity index is 469. The number of rotatable bonds is 2. The number of imide groups is 1. The average Bonchev–Trinajstić information content (AvgIpc) is 2.61. The van der Waals surface area contributed by atoms with E-state index in [0.29, 0.717) is 11.7 Å². The lowest BCUT2D eigenvalue weighted by Gasteiger charge is -2.39. The molecule has 0 atom stereocenters. The molecule has 6 nitrogen and oxygen atoms in total. The van der Waals surface area contributed by atoms with E-state index in [0.717, 1.165) is 5.69 Å². The molecule has 2 heterocycles. The summed E-state index contributed by atoms with van der Waals surface area (Å²) in [5.74, 6) is -0.561. The van der Waals surface area contributed by atoms with Crippen LogP contribution in [-0.4, -0.2) is 33.8 Å². The van der Waals surface area contributed by atoms with Crippen molar-refractivity contribution in [2.75, 3.05) is 12.3 Å². The summed E-state index contributed by atoms with van der Waals surface area (Å²) >= 11 is 1.35. The summed E-state index contributed by atoms with van der Waals surface area (Å²) in [5.41, 5.74) is 5.61. The number of hydrogen-bond acceptors (Lipinski definition) is 6. The zero-order chi connectivity index (χ0) is 12.6. The third-order valence-electron chi connectivity index (χ3n) is 2.86. The van der Waals surface area contributed by atoms with Crippen molar-refractivity contribution < 1.29 is 9.59 Å². The first kappa shape index (κ1) is 12.0. The number of carbonyl (C=O) groups is 2. The van der Waals surface area contributed by atoms with E-state index < -0.39 is 5.54 Å². The molecule has 1 aliphatic heterocycles. The maximum atomic E-state index is 11.7. The summed E-state index contributed by atoms with van der Waals surface area (Å²) < 4.78 is 0. The number of aromatic nitrogens is 1. The first-order valence-electron chi connectivity index (χ1n) is 5.19. The van der Waals surface area contributed by atoms with Crippen LogP contribution < -0.4 is 11.1 Å². The van der Waals surface area contributed by atoms with E-state index in [1.54, 1.807) is 18.7 Å². The van der Waals surface area contributed by atoms with Crippen LogP contribution in [0.3, 0.4) is 0 Å². The molecule has 0 spiro atoms. The highest BCUT2D eigenvalue weighted by molar-refractivity contribution is 7.13. The topological polar surface area (TPSA) is 88.3 Å². The van der Waals surface area contributed by atoms with Crippen LogP contribution in [0.5, 0.6) is 0 Å². The lowest BCUT2D eigenvalue weighted by molar-refractivity contribution is -0.145. The summed E-state index contributed by atoms with van der Waals surface area (Å²) in [6.45, 7) is 4.20. The van der Waals surface area contributed by atoms with Gasteiger partial charge in [-0.05, 0) is 13.8 Å². The first-order valence-corrected chi connectivity index (χ1v) is 6.07. The maximum absolute atomic E-state index is 11.7. The fourth-order valence-electron chi connectivity index (χ4n) is 1.68. The van der Waals surface area contributed by atoms with E-state index in [4.69, 9.17) is 5.73 Å². The number of nitrogens with zero attached hydrogens (tertiary/aromatic N) is 2. The van der Waals surface area contributed by atoms with Crippen LogP contribution in [0, 0.1) is 0 Å². The molecule has 17 heavy (non-hydrogen) atoms. The second kappa shape index (κ2) is 4.08. The molecule has 1 aromatic heterocycles. The number of hydrogen-bond donors (Lipinski definition) is 2. The number of amides is 2. The highest BCUT2D eigenvalue weighted by atomic mass is 32.1. The minimum absolute atomic E-state index is 0.191. The SMILES string of the molecule is CC1(C)C(=O)NC(=O)CN1Cc1csc(N)n1. The minimum atomic E-state index is -0.716. The van der Waals surface area contributed by atoms with Crippen molar-refractivity contribution in [2.45, 2.75) is 25.9 Å². The van der Waals surface area contributed by atoms with E-state index >= 15 is 0 Å². The largest absolute Gasteiger partial charge is 0.375 e. The van der Waals surface area contributed by atoms with E-state index in [-0.39, 0.29) is 18.4 Å². The average molecular weight is 254 g/mol. The molecule has 1 saturated heterocycles. The molecule has 0 unspecified atom stereocenters. The smallest absolute Gasteiger partial charge is 0.246 e. The van der Waals surface area contributed by atoms with E-state index in [9.17, 15) is 9.59 Å². The molecule has 0 aromatic carbocycles. The molecular formula is C10H14N4O2S. The van der Waals surface area contributed by atoms with Crippen molar-refractivity contribution in [1.82, 2.24) is 15.2 Å². The van der Waals surface area contributed by atoms with Gasteiger partial charge in [0.1, 0.15) is 0 Å². The third kappa shape index (κ3) is 2.29. The normalized spacial score (nSPS) is 20.4. The van der Waals surface area contributed by atoms with Gasteiger partial charge in [-0.25, -0.2) is 4.98 Å². The molecule has 2 rings (SSSR count). The van der Waals surface area contributed by atoms with Crippen molar-refractivity contribution in [3.05, 3.63) is 11.1 Å². The van der Waals surface area contributed by atoms with Crippen molar-refractivity contribution >= 4 is 28.3 Å². The summed E-state index contributed by atoms with van der Waals surface area (Å²) in [4.78, 5) is 29.0. The Kier molecular flexibility index (Phi) is 2.88. The number of carbonyl (C=O) groups excluding carboxylic acids is 2. The third-order valence-corrected chi connectivity index (χ3v) is 3.58. The molecular weight excluding hydrogens is 240 g/mol. The molecule has 92 valence electrons. The van der Waals surface area contributed by atoms with Crippen LogP contribution in [-0.2, 0) is 16.1 Å². The molecule has 0 aliphatic carbocycles. The second-order valence-electron chi connectivity index (χ2n) is 4.47. The minimum Gasteiger partial charge on any atom is -0.375 e. The van der Waals surface area contributed by atoms with Gasteiger partial charge in [-0.1, -0.05) is 0 Å². The number of thiazole rings is 1. The molecule has 0 saturated carbocycles. The first-order chi connectivity index (χ1) is 7.89. The van der Waals surface area contributed by atoms with Gasteiger partial charge in [-0.2, -0.15) is 0 Å². The van der Waals surface area contributed by atoms with Gasteiger partial charge in [0.05, 0.1) is 17.8 Å². The molecule has 0 radical (unpaired) electrons. The van der Waals surface area contributed by atoms with Gasteiger partial charge in [-0.15, -0.1) is 11.3 Å². The molecule has 0 bridgehead atoms. The van der Waals surface area contributed by atoms with Crippen LogP contribution in [0.2, 0.25) is 0 Å². The van der Waals surface area contributed by atoms with Crippen LogP contribution in [0.4, 0.5) is 5.13 Å². The molecule has 1 fully saturated rings. The van der Waals surface area contributed by atoms with Gasteiger partial charge in [0.25, 0.3) is 0 Å². The number of nitrogens with two attached hydrogens (primary N) is 1. The summed E-state index contributed by atoms with van der Waals surface area (Å²) in [6.07, 6.45) is 0. The summed E-state index contributed by atoms with van der Waals surface area (Å²) in [5, 5.41) is 4.66. The number of anilines is 1. The second-order valence-corrected chi connectivity index (χ2v) is 5.36. The Morgan fingerprint density at radius 3 is 2.88 bits per heavy atom. The molecule has 7 heteroatoms. The fourth-order valence-corrected chi connectivity index (χ4v) is 2.23. The summed E-state index contributed by atoms with van der Waals surface area (Å²) in [7, 11) is 0. The lowest BCUT2D eigenvalue weighted by Crippen LogP contribution is -2.63. The number of nitrogen functional groups attached to an aromatic ring is 1. The molecule has 3 N–H and O–H groups in total. The molecule has 2 amide bonds. The van der Waals surface area contributed by atoms with Crippen molar-refractivity contribution in [1.29, 1.82) is 0 Å². The van der Waals surface area contributed by atoms with Gasteiger partial charge < -0.3 is 5.73 Å². The fraction of sp³-hybridized carbons (Fsp3) is 0.500. The predicted octanol–water partition coefficient (Wildman–Crippen LogP) is -0.0377. The zero-order valence-corrected chi connectivity index (χ0v) is 10.5. The summed E-state index contributed by atoms with van der Waals surface area (Å²) in [6, 6.07) is 0. The van der Waals surface area contributed by atoms with Crippen LogP contribution in [0.15, 0.2) is 5.38 Å². The van der Waals surface area contributed by atoms with Gasteiger partial charge in [0.2, 0.25) is 11.8 Å². The number of piperazine rings is 1. The van der Waals surface area contributed by atoms with E-state index in [1.807, 2.05) is 5.38 Å². The highest BCUT2D eigenvalue weighted by Crippen LogP contribution is 2.22. The molecule has 1 aromatic rings. The quantitative estimate of drug-likeness (QED) is 0.723. The Hall–Kier alpha value is -1.47. The lowest BCUT2D eigenvalue weighted by atomic mass is 9.98. The van der Waals surface area contributed by atoms with Crippen LogP contribution in [0.1, 0.15) is 19.5 Å². The van der Waals surface area contributed by atoms with Crippen LogP contribution >= 0.6 is 11.3 Å².